The molecule has 0 radical (unpaired) electrons. The smallest absolute Gasteiger partial charge is 0.256 e. The van der Waals surface area contributed by atoms with E-state index < -0.39 is 5.82 Å². The molecular weight excluding hydrogens is 317 g/mol. The fraction of sp³-hybridized carbons (Fsp3) is 0. The van der Waals surface area contributed by atoms with Crippen molar-refractivity contribution < 1.29 is 9.18 Å². The van der Waals surface area contributed by atoms with Gasteiger partial charge < -0.3 is 5.32 Å². The summed E-state index contributed by atoms with van der Waals surface area (Å²) in [6.45, 7) is 0. The normalized spacial score (nSPS) is 10.2. The van der Waals surface area contributed by atoms with Gasteiger partial charge in [0.25, 0.3) is 5.91 Å². The van der Waals surface area contributed by atoms with Crippen LogP contribution >= 0.6 is 28.6 Å². The molecule has 18 heavy (non-hydrogen) atoms. The number of halogens is 2. The number of hydrogen-bond donors (Lipinski definition) is 2. The van der Waals surface area contributed by atoms with Crippen molar-refractivity contribution in [1.82, 2.24) is 0 Å². The van der Waals surface area contributed by atoms with E-state index in [0.717, 1.165) is 0 Å². The molecule has 0 aliphatic carbocycles. The van der Waals surface area contributed by atoms with Crippen molar-refractivity contribution in [3.8, 4) is 0 Å². The van der Waals surface area contributed by atoms with Crippen molar-refractivity contribution in [1.29, 1.82) is 0 Å². The highest BCUT2D eigenvalue weighted by molar-refractivity contribution is 9.10. The number of benzene rings is 2. The lowest BCUT2D eigenvalue weighted by Gasteiger charge is -2.07. The van der Waals surface area contributed by atoms with Gasteiger partial charge in [-0.1, -0.05) is 12.1 Å². The number of carbonyl (C=O) groups is 1. The SMILES string of the molecule is O=C(Nc1ccc(Br)c(F)c1)c1ccccc1S. The predicted molar refractivity (Wildman–Crippen MR) is 75.7 cm³/mol. The van der Waals surface area contributed by atoms with Gasteiger partial charge in [0.1, 0.15) is 5.82 Å². The average molecular weight is 326 g/mol. The number of hydrogen-bond acceptors (Lipinski definition) is 2. The molecule has 0 atom stereocenters. The first-order chi connectivity index (χ1) is 8.58. The molecule has 0 heterocycles. The van der Waals surface area contributed by atoms with Gasteiger partial charge in [0.15, 0.2) is 0 Å². The van der Waals surface area contributed by atoms with Crippen LogP contribution in [0.2, 0.25) is 0 Å². The van der Waals surface area contributed by atoms with Gasteiger partial charge in [0, 0.05) is 10.6 Å². The summed E-state index contributed by atoms with van der Waals surface area (Å²) in [5.74, 6) is -0.741. The summed E-state index contributed by atoms with van der Waals surface area (Å²) in [4.78, 5) is 12.5. The molecule has 5 heteroatoms. The van der Waals surface area contributed by atoms with Crippen LogP contribution in [0.4, 0.5) is 10.1 Å². The number of rotatable bonds is 2. The summed E-state index contributed by atoms with van der Waals surface area (Å²) in [5, 5.41) is 2.62. The molecular formula is C13H9BrFNOS. The third kappa shape index (κ3) is 2.91. The van der Waals surface area contributed by atoms with Gasteiger partial charge in [-0.15, -0.1) is 12.6 Å². The Morgan fingerprint density at radius 1 is 1.22 bits per heavy atom. The molecule has 0 unspecified atom stereocenters. The van der Waals surface area contributed by atoms with E-state index in [2.05, 4.69) is 33.9 Å². The van der Waals surface area contributed by atoms with Crippen molar-refractivity contribution in [3.05, 3.63) is 58.3 Å². The molecule has 0 aromatic heterocycles. The molecule has 0 fully saturated rings. The predicted octanol–water partition coefficient (Wildman–Crippen LogP) is 4.13. The maximum absolute atomic E-state index is 13.3. The molecule has 1 N–H and O–H groups in total. The van der Waals surface area contributed by atoms with Crippen LogP contribution in [0.25, 0.3) is 0 Å². The summed E-state index contributed by atoms with van der Waals surface area (Å²) in [6.07, 6.45) is 0. The van der Waals surface area contributed by atoms with Crippen molar-refractivity contribution in [2.45, 2.75) is 4.90 Å². The van der Waals surface area contributed by atoms with Crippen LogP contribution < -0.4 is 5.32 Å². The molecule has 2 aromatic carbocycles. The minimum absolute atomic E-state index is 0.317. The standard InChI is InChI=1S/C13H9BrFNOS/c14-10-6-5-8(7-11(10)15)16-13(17)9-3-1-2-4-12(9)18/h1-7,18H,(H,16,17). The second-order valence-electron chi connectivity index (χ2n) is 3.60. The summed E-state index contributed by atoms with van der Waals surface area (Å²) in [6, 6.07) is 11.3. The van der Waals surface area contributed by atoms with Gasteiger partial charge in [-0.3, -0.25) is 4.79 Å². The van der Waals surface area contributed by atoms with Crippen molar-refractivity contribution in [2.24, 2.45) is 0 Å². The monoisotopic (exact) mass is 325 g/mol. The van der Waals surface area contributed by atoms with E-state index >= 15 is 0 Å². The number of amides is 1. The van der Waals surface area contributed by atoms with Crippen LogP contribution in [0.3, 0.4) is 0 Å². The van der Waals surface area contributed by atoms with Crippen molar-refractivity contribution >= 4 is 40.2 Å². The first kappa shape index (κ1) is 13.1. The summed E-state index contributed by atoms with van der Waals surface area (Å²) < 4.78 is 13.7. The first-order valence-electron chi connectivity index (χ1n) is 5.12. The van der Waals surface area contributed by atoms with Gasteiger partial charge in [-0.25, -0.2) is 4.39 Å². The lowest BCUT2D eigenvalue weighted by molar-refractivity contribution is 0.102. The summed E-state index contributed by atoms with van der Waals surface area (Å²) >= 11 is 7.25. The third-order valence-electron chi connectivity index (χ3n) is 2.33. The van der Waals surface area contributed by atoms with Gasteiger partial charge >= 0.3 is 0 Å². The molecule has 1 amide bonds. The zero-order valence-electron chi connectivity index (χ0n) is 9.15. The van der Waals surface area contributed by atoms with Crippen molar-refractivity contribution in [2.75, 3.05) is 5.32 Å². The number of carbonyl (C=O) groups excluding carboxylic acids is 1. The second-order valence-corrected chi connectivity index (χ2v) is 4.94. The zero-order chi connectivity index (χ0) is 13.1. The van der Waals surface area contributed by atoms with Gasteiger partial charge in [0.05, 0.1) is 10.0 Å². The highest BCUT2D eigenvalue weighted by Crippen LogP contribution is 2.21. The molecule has 2 aromatic rings. The number of anilines is 1. The van der Waals surface area contributed by atoms with E-state index in [1.807, 2.05) is 0 Å². The zero-order valence-corrected chi connectivity index (χ0v) is 11.6. The highest BCUT2D eigenvalue weighted by atomic mass is 79.9. The maximum Gasteiger partial charge on any atom is 0.256 e. The van der Waals surface area contributed by atoms with Gasteiger partial charge in [-0.2, -0.15) is 0 Å². The van der Waals surface area contributed by atoms with Gasteiger partial charge in [-0.05, 0) is 46.3 Å². The Bertz CT molecular complexity index is 603. The van der Waals surface area contributed by atoms with E-state index in [9.17, 15) is 9.18 Å². The van der Waals surface area contributed by atoms with Crippen LogP contribution in [0.1, 0.15) is 10.4 Å². The molecule has 0 bridgehead atoms. The highest BCUT2D eigenvalue weighted by Gasteiger charge is 2.09. The topological polar surface area (TPSA) is 29.1 Å². The maximum atomic E-state index is 13.3. The number of nitrogens with one attached hydrogen (secondary N) is 1. The van der Waals surface area contributed by atoms with Crippen molar-refractivity contribution in [3.63, 3.8) is 0 Å². The van der Waals surface area contributed by atoms with Crippen LogP contribution in [0.15, 0.2) is 51.8 Å². The lowest BCUT2D eigenvalue weighted by atomic mass is 10.2. The Labute approximate surface area is 118 Å². The Balaban J connectivity index is 2.22. The number of thiol groups is 1. The molecule has 0 aliphatic rings. The van der Waals surface area contributed by atoms with Gasteiger partial charge in [0.2, 0.25) is 0 Å². The van der Waals surface area contributed by atoms with E-state index in [-0.39, 0.29) is 5.91 Å². The molecule has 0 saturated carbocycles. The minimum atomic E-state index is -0.424. The van der Waals surface area contributed by atoms with E-state index in [0.29, 0.717) is 20.6 Å². The van der Waals surface area contributed by atoms with Crippen LogP contribution in [0, 0.1) is 5.82 Å². The summed E-state index contributed by atoms with van der Waals surface area (Å²) in [5.41, 5.74) is 0.849. The fourth-order valence-electron chi connectivity index (χ4n) is 1.44. The molecule has 0 aliphatic heterocycles. The minimum Gasteiger partial charge on any atom is -0.322 e. The quantitative estimate of drug-likeness (QED) is 0.799. The first-order valence-corrected chi connectivity index (χ1v) is 6.36. The lowest BCUT2D eigenvalue weighted by Crippen LogP contribution is -2.12. The fourth-order valence-corrected chi connectivity index (χ4v) is 1.95. The molecule has 2 rings (SSSR count). The van der Waals surface area contributed by atoms with E-state index in [4.69, 9.17) is 0 Å². The summed E-state index contributed by atoms with van der Waals surface area (Å²) in [7, 11) is 0. The Morgan fingerprint density at radius 2 is 1.94 bits per heavy atom. The average Bonchev–Trinajstić information content (AvgIpc) is 2.34. The Kier molecular flexibility index (Phi) is 4.04. The van der Waals surface area contributed by atoms with E-state index in [1.54, 1.807) is 30.3 Å². The van der Waals surface area contributed by atoms with E-state index in [1.165, 1.54) is 12.1 Å². The third-order valence-corrected chi connectivity index (χ3v) is 3.36. The Hall–Kier alpha value is -1.33. The molecule has 2 nitrogen and oxygen atoms in total. The molecule has 92 valence electrons. The van der Waals surface area contributed by atoms with Crippen LogP contribution in [-0.2, 0) is 0 Å². The molecule has 0 spiro atoms. The second kappa shape index (κ2) is 5.54. The van der Waals surface area contributed by atoms with Crippen LogP contribution in [-0.4, -0.2) is 5.91 Å². The molecule has 0 saturated heterocycles. The Morgan fingerprint density at radius 3 is 2.61 bits per heavy atom. The largest absolute Gasteiger partial charge is 0.322 e. The van der Waals surface area contributed by atoms with Crippen LogP contribution in [0.5, 0.6) is 0 Å².